The molecule has 106 valence electrons. The molecule has 2 rings (SSSR count). The molecule has 0 spiro atoms. The van der Waals surface area contributed by atoms with Crippen LogP contribution >= 0.6 is 11.3 Å². The Hall–Kier alpha value is -2.01. The molecule has 1 aromatic heterocycles. The van der Waals surface area contributed by atoms with Crippen LogP contribution in [0.25, 0.3) is 0 Å². The minimum atomic E-state index is -0.149. The molecule has 0 aliphatic carbocycles. The molecule has 2 aromatic rings. The van der Waals surface area contributed by atoms with Gasteiger partial charge in [0, 0.05) is 4.88 Å². The Morgan fingerprint density at radius 2 is 2.00 bits per heavy atom. The van der Waals surface area contributed by atoms with Gasteiger partial charge in [-0.1, -0.05) is 12.1 Å². The summed E-state index contributed by atoms with van der Waals surface area (Å²) in [5.74, 6) is 1.04. The molecule has 0 fully saturated rings. The van der Waals surface area contributed by atoms with E-state index in [4.69, 9.17) is 9.47 Å². The molecule has 1 N–H and O–H groups in total. The first kappa shape index (κ1) is 14.4. The summed E-state index contributed by atoms with van der Waals surface area (Å²) in [5, 5.41) is 4.86. The van der Waals surface area contributed by atoms with Crippen molar-refractivity contribution in [1.29, 1.82) is 0 Å². The number of benzene rings is 1. The Labute approximate surface area is 122 Å². The number of rotatable bonds is 6. The molecule has 4 nitrogen and oxygen atoms in total. The fourth-order valence-electron chi connectivity index (χ4n) is 1.70. The van der Waals surface area contributed by atoms with E-state index < -0.39 is 0 Å². The van der Waals surface area contributed by atoms with E-state index in [9.17, 15) is 4.79 Å². The summed E-state index contributed by atoms with van der Waals surface area (Å²) in [6, 6.07) is 9.30. The first-order valence-corrected chi connectivity index (χ1v) is 7.14. The summed E-state index contributed by atoms with van der Waals surface area (Å²) in [4.78, 5) is 12.9. The lowest BCUT2D eigenvalue weighted by Gasteiger charge is -2.10. The van der Waals surface area contributed by atoms with Crippen molar-refractivity contribution < 1.29 is 14.3 Å². The second kappa shape index (κ2) is 6.96. The molecule has 0 unspecified atom stereocenters. The van der Waals surface area contributed by atoms with Crippen LogP contribution in [-0.2, 0) is 11.3 Å². The number of hydrogen-bond donors (Lipinski definition) is 1. The largest absolute Gasteiger partial charge is 0.493 e. The number of ether oxygens (including phenoxy) is 2. The summed E-state index contributed by atoms with van der Waals surface area (Å²) < 4.78 is 10.6. The summed E-state index contributed by atoms with van der Waals surface area (Å²) in [6.45, 7) is 2.55. The molecule has 20 heavy (non-hydrogen) atoms. The number of hydrogen-bond acceptors (Lipinski definition) is 4. The van der Waals surface area contributed by atoms with Gasteiger partial charge in [-0.15, -0.1) is 11.3 Å². The molecule has 0 saturated carbocycles. The van der Waals surface area contributed by atoms with Crippen molar-refractivity contribution in [3.8, 4) is 11.5 Å². The zero-order chi connectivity index (χ0) is 14.4. The third-order valence-electron chi connectivity index (χ3n) is 2.84. The Morgan fingerprint density at radius 1 is 1.25 bits per heavy atom. The minimum Gasteiger partial charge on any atom is -0.493 e. The molecule has 1 heterocycles. The van der Waals surface area contributed by atoms with E-state index in [0.29, 0.717) is 18.0 Å². The molecule has 5 heteroatoms. The average molecular weight is 291 g/mol. The van der Waals surface area contributed by atoms with Gasteiger partial charge in [0.1, 0.15) is 0 Å². The van der Waals surface area contributed by atoms with Crippen molar-refractivity contribution >= 4 is 17.2 Å². The lowest BCUT2D eigenvalue weighted by molar-refractivity contribution is -0.123. The van der Waals surface area contributed by atoms with Crippen LogP contribution in [-0.4, -0.2) is 19.6 Å². The van der Waals surface area contributed by atoms with Gasteiger partial charge in [-0.3, -0.25) is 4.79 Å². The number of amides is 1. The SMILES string of the molecule is COc1ccccc1OCC(=O)NCc1sccc1C. The maximum absolute atomic E-state index is 11.8. The lowest BCUT2D eigenvalue weighted by atomic mass is 10.3. The molecule has 0 saturated heterocycles. The van der Waals surface area contributed by atoms with Gasteiger partial charge in [0.2, 0.25) is 0 Å². The smallest absolute Gasteiger partial charge is 0.258 e. The monoisotopic (exact) mass is 291 g/mol. The second-order valence-electron chi connectivity index (χ2n) is 4.24. The number of carbonyl (C=O) groups is 1. The van der Waals surface area contributed by atoms with Gasteiger partial charge in [-0.05, 0) is 36.1 Å². The van der Waals surface area contributed by atoms with Crippen LogP contribution < -0.4 is 14.8 Å². The van der Waals surface area contributed by atoms with Crippen LogP contribution in [0.4, 0.5) is 0 Å². The van der Waals surface area contributed by atoms with Crippen molar-refractivity contribution in [3.05, 3.63) is 46.2 Å². The summed E-state index contributed by atoms with van der Waals surface area (Å²) in [5.41, 5.74) is 1.20. The molecular formula is C15H17NO3S. The van der Waals surface area contributed by atoms with Crippen molar-refractivity contribution in [2.75, 3.05) is 13.7 Å². The highest BCUT2D eigenvalue weighted by Crippen LogP contribution is 2.25. The highest BCUT2D eigenvalue weighted by molar-refractivity contribution is 7.10. The molecule has 0 aliphatic heterocycles. The maximum atomic E-state index is 11.8. The Bertz CT molecular complexity index is 580. The van der Waals surface area contributed by atoms with Crippen LogP contribution in [0.15, 0.2) is 35.7 Å². The summed E-state index contributed by atoms with van der Waals surface area (Å²) >= 11 is 1.64. The van der Waals surface area contributed by atoms with Crippen LogP contribution in [0.3, 0.4) is 0 Å². The highest BCUT2D eigenvalue weighted by Gasteiger charge is 2.07. The first-order valence-electron chi connectivity index (χ1n) is 6.26. The van der Waals surface area contributed by atoms with Gasteiger partial charge >= 0.3 is 0 Å². The Kier molecular flexibility index (Phi) is 5.01. The van der Waals surface area contributed by atoms with Crippen LogP contribution in [0.2, 0.25) is 0 Å². The summed E-state index contributed by atoms with van der Waals surface area (Å²) in [6.07, 6.45) is 0. The third kappa shape index (κ3) is 3.74. The lowest BCUT2D eigenvalue weighted by Crippen LogP contribution is -2.28. The average Bonchev–Trinajstić information content (AvgIpc) is 2.88. The zero-order valence-corrected chi connectivity index (χ0v) is 12.3. The standard InChI is InChI=1S/C15H17NO3S/c1-11-7-8-20-14(11)9-16-15(17)10-19-13-6-4-3-5-12(13)18-2/h3-8H,9-10H2,1-2H3,(H,16,17). The van der Waals surface area contributed by atoms with Crippen LogP contribution in [0.5, 0.6) is 11.5 Å². The number of aryl methyl sites for hydroxylation is 1. The van der Waals surface area contributed by atoms with E-state index in [1.807, 2.05) is 30.5 Å². The molecule has 0 aliphatic rings. The van der Waals surface area contributed by atoms with Crippen molar-refractivity contribution in [3.63, 3.8) is 0 Å². The van der Waals surface area contributed by atoms with Gasteiger partial charge in [0.25, 0.3) is 5.91 Å². The normalized spacial score (nSPS) is 10.1. The summed E-state index contributed by atoms with van der Waals surface area (Å²) in [7, 11) is 1.57. The number of carbonyl (C=O) groups excluding carboxylic acids is 1. The molecule has 0 radical (unpaired) electrons. The van der Waals surface area contributed by atoms with E-state index in [1.165, 1.54) is 5.56 Å². The fraction of sp³-hybridized carbons (Fsp3) is 0.267. The fourth-order valence-corrected chi connectivity index (χ4v) is 2.54. The molecule has 0 atom stereocenters. The van der Waals surface area contributed by atoms with E-state index in [0.717, 1.165) is 4.88 Å². The number of thiophene rings is 1. The quantitative estimate of drug-likeness (QED) is 0.890. The van der Waals surface area contributed by atoms with Gasteiger partial charge < -0.3 is 14.8 Å². The Morgan fingerprint density at radius 3 is 2.65 bits per heavy atom. The van der Waals surface area contributed by atoms with Crippen LogP contribution in [0, 0.1) is 6.92 Å². The van der Waals surface area contributed by atoms with Crippen molar-refractivity contribution in [2.45, 2.75) is 13.5 Å². The van der Waals surface area contributed by atoms with Crippen molar-refractivity contribution in [1.82, 2.24) is 5.32 Å². The van der Waals surface area contributed by atoms with Gasteiger partial charge in [0.15, 0.2) is 18.1 Å². The van der Waals surface area contributed by atoms with E-state index in [-0.39, 0.29) is 12.5 Å². The van der Waals surface area contributed by atoms with E-state index >= 15 is 0 Å². The topological polar surface area (TPSA) is 47.6 Å². The number of methoxy groups -OCH3 is 1. The van der Waals surface area contributed by atoms with E-state index in [1.54, 1.807) is 30.6 Å². The van der Waals surface area contributed by atoms with Crippen LogP contribution in [0.1, 0.15) is 10.4 Å². The van der Waals surface area contributed by atoms with Gasteiger partial charge in [-0.25, -0.2) is 0 Å². The number of para-hydroxylation sites is 2. The minimum absolute atomic E-state index is 0.0230. The van der Waals surface area contributed by atoms with Crippen molar-refractivity contribution in [2.24, 2.45) is 0 Å². The van der Waals surface area contributed by atoms with Gasteiger partial charge in [-0.2, -0.15) is 0 Å². The Balaban J connectivity index is 1.82. The second-order valence-corrected chi connectivity index (χ2v) is 5.24. The third-order valence-corrected chi connectivity index (χ3v) is 3.87. The molecular weight excluding hydrogens is 274 g/mol. The first-order chi connectivity index (χ1) is 9.70. The highest BCUT2D eigenvalue weighted by atomic mass is 32.1. The predicted molar refractivity (Wildman–Crippen MR) is 79.4 cm³/mol. The molecule has 1 amide bonds. The van der Waals surface area contributed by atoms with Gasteiger partial charge in [0.05, 0.1) is 13.7 Å². The molecule has 1 aromatic carbocycles. The predicted octanol–water partition coefficient (Wildman–Crippen LogP) is 2.76. The molecule has 0 bridgehead atoms. The zero-order valence-electron chi connectivity index (χ0n) is 11.5. The van der Waals surface area contributed by atoms with E-state index in [2.05, 4.69) is 5.32 Å². The maximum Gasteiger partial charge on any atom is 0.258 e. The number of nitrogens with one attached hydrogen (secondary N) is 1.